The Bertz CT molecular complexity index is 1120. The quantitative estimate of drug-likeness (QED) is 0.370. The number of fused-ring (bicyclic) bond motifs is 5. The standard InChI is InChI=1S/C23H20N2O3/c1-28-21-12-10-15(13-20(21)25(26)27)22-18-8-4-7-17(18)19-11-9-14-5-2-3-6-16(14)23(19)24-22/h2-7,9-13,17-18,22,24H,8H2,1H3/t17-,18+,22+/m1/s1. The second-order valence-electron chi connectivity index (χ2n) is 7.41. The highest BCUT2D eigenvalue weighted by Gasteiger charge is 2.39. The number of anilines is 1. The van der Waals surface area contributed by atoms with Crippen LogP contribution in [0.5, 0.6) is 5.75 Å². The molecule has 3 atom stereocenters. The third kappa shape index (κ3) is 2.47. The molecule has 0 radical (unpaired) electrons. The molecule has 1 aliphatic carbocycles. The Balaban J connectivity index is 1.66. The number of methoxy groups -OCH3 is 1. The molecular formula is C23H20N2O3. The van der Waals surface area contributed by atoms with Crippen LogP contribution < -0.4 is 10.1 Å². The van der Waals surface area contributed by atoms with Gasteiger partial charge in [0.25, 0.3) is 0 Å². The number of nitrogens with one attached hydrogen (secondary N) is 1. The third-order valence-electron chi connectivity index (χ3n) is 6.02. The average molecular weight is 372 g/mol. The first kappa shape index (κ1) is 16.8. The van der Waals surface area contributed by atoms with Crippen LogP contribution in [-0.2, 0) is 0 Å². The molecule has 0 fully saturated rings. The van der Waals surface area contributed by atoms with E-state index in [1.165, 1.54) is 23.4 Å². The summed E-state index contributed by atoms with van der Waals surface area (Å²) in [7, 11) is 1.46. The Hall–Kier alpha value is -3.34. The van der Waals surface area contributed by atoms with Gasteiger partial charge in [-0.1, -0.05) is 54.6 Å². The van der Waals surface area contributed by atoms with Crippen molar-refractivity contribution in [2.75, 3.05) is 12.4 Å². The van der Waals surface area contributed by atoms with Crippen LogP contribution in [0.2, 0.25) is 0 Å². The predicted molar refractivity (Wildman–Crippen MR) is 110 cm³/mol. The Kier molecular flexibility index (Phi) is 3.83. The second kappa shape index (κ2) is 6.37. The van der Waals surface area contributed by atoms with Crippen LogP contribution in [0, 0.1) is 16.0 Å². The SMILES string of the molecule is COc1ccc([C@@H]2Nc3c(ccc4ccccc34)[C@@H]3C=CC[C@@H]32)cc1[N+](=O)[O-]. The zero-order valence-corrected chi connectivity index (χ0v) is 15.5. The molecule has 0 aromatic heterocycles. The third-order valence-corrected chi connectivity index (χ3v) is 6.02. The van der Waals surface area contributed by atoms with E-state index in [0.29, 0.717) is 11.8 Å². The molecule has 0 saturated heterocycles. The van der Waals surface area contributed by atoms with Crippen molar-refractivity contribution in [3.63, 3.8) is 0 Å². The summed E-state index contributed by atoms with van der Waals surface area (Å²) >= 11 is 0. The van der Waals surface area contributed by atoms with Crippen molar-refractivity contribution in [3.05, 3.63) is 88.0 Å². The van der Waals surface area contributed by atoms with E-state index in [4.69, 9.17) is 4.74 Å². The molecule has 5 nitrogen and oxygen atoms in total. The van der Waals surface area contributed by atoms with Crippen LogP contribution in [0.25, 0.3) is 10.8 Å². The van der Waals surface area contributed by atoms with Gasteiger partial charge in [-0.25, -0.2) is 0 Å². The smallest absolute Gasteiger partial charge is 0.311 e. The highest BCUT2D eigenvalue weighted by atomic mass is 16.6. The molecule has 1 N–H and O–H groups in total. The van der Waals surface area contributed by atoms with E-state index in [9.17, 15) is 10.1 Å². The molecule has 1 aliphatic heterocycles. The number of nitro benzene ring substituents is 1. The lowest BCUT2D eigenvalue weighted by Gasteiger charge is -2.38. The maximum absolute atomic E-state index is 11.5. The Labute approximate surface area is 162 Å². The fourth-order valence-electron chi connectivity index (χ4n) is 4.71. The summed E-state index contributed by atoms with van der Waals surface area (Å²) in [6.45, 7) is 0. The van der Waals surface area contributed by atoms with Crippen LogP contribution in [0.4, 0.5) is 11.4 Å². The van der Waals surface area contributed by atoms with Gasteiger partial charge in [0.15, 0.2) is 5.75 Å². The highest BCUT2D eigenvalue weighted by molar-refractivity contribution is 5.96. The number of rotatable bonds is 3. The second-order valence-corrected chi connectivity index (χ2v) is 7.41. The van der Waals surface area contributed by atoms with Gasteiger partial charge in [0.1, 0.15) is 0 Å². The van der Waals surface area contributed by atoms with Gasteiger partial charge in [-0.2, -0.15) is 0 Å². The number of nitro groups is 1. The van der Waals surface area contributed by atoms with Crippen molar-refractivity contribution in [1.82, 2.24) is 0 Å². The lowest BCUT2D eigenvalue weighted by atomic mass is 9.76. The zero-order chi connectivity index (χ0) is 19.3. The van der Waals surface area contributed by atoms with Crippen molar-refractivity contribution in [3.8, 4) is 5.75 Å². The molecule has 0 spiro atoms. The first-order chi connectivity index (χ1) is 13.7. The van der Waals surface area contributed by atoms with Gasteiger partial charge in [0, 0.05) is 23.1 Å². The number of allylic oxidation sites excluding steroid dienone is 2. The lowest BCUT2D eigenvalue weighted by Crippen LogP contribution is -2.29. The van der Waals surface area contributed by atoms with Gasteiger partial charge in [0.05, 0.1) is 18.1 Å². The summed E-state index contributed by atoms with van der Waals surface area (Å²) in [5, 5.41) is 17.6. The highest BCUT2D eigenvalue weighted by Crippen LogP contribution is 2.52. The van der Waals surface area contributed by atoms with Crippen LogP contribution in [-0.4, -0.2) is 12.0 Å². The van der Waals surface area contributed by atoms with Gasteiger partial charge >= 0.3 is 5.69 Å². The summed E-state index contributed by atoms with van der Waals surface area (Å²) in [6.07, 6.45) is 5.46. The van der Waals surface area contributed by atoms with E-state index in [1.54, 1.807) is 12.1 Å². The van der Waals surface area contributed by atoms with Crippen molar-refractivity contribution in [2.24, 2.45) is 5.92 Å². The average Bonchev–Trinajstić information content (AvgIpc) is 3.22. The van der Waals surface area contributed by atoms with Crippen molar-refractivity contribution < 1.29 is 9.66 Å². The Morgan fingerprint density at radius 2 is 2.00 bits per heavy atom. The lowest BCUT2D eigenvalue weighted by molar-refractivity contribution is -0.385. The molecule has 2 aliphatic rings. The van der Waals surface area contributed by atoms with Crippen molar-refractivity contribution >= 4 is 22.1 Å². The molecular weight excluding hydrogens is 352 g/mol. The van der Waals surface area contributed by atoms with Gasteiger partial charge in [-0.15, -0.1) is 0 Å². The fourth-order valence-corrected chi connectivity index (χ4v) is 4.71. The first-order valence-electron chi connectivity index (χ1n) is 9.44. The van der Waals surface area contributed by atoms with Gasteiger partial charge in [-0.05, 0) is 34.9 Å². The molecule has 0 unspecified atom stereocenters. The van der Waals surface area contributed by atoms with Crippen LogP contribution in [0.15, 0.2) is 66.7 Å². The van der Waals surface area contributed by atoms with E-state index in [0.717, 1.165) is 17.7 Å². The van der Waals surface area contributed by atoms with E-state index >= 15 is 0 Å². The zero-order valence-electron chi connectivity index (χ0n) is 15.5. The van der Waals surface area contributed by atoms with E-state index in [2.05, 4.69) is 41.7 Å². The van der Waals surface area contributed by atoms with Crippen LogP contribution in [0.1, 0.15) is 29.5 Å². The van der Waals surface area contributed by atoms with Crippen molar-refractivity contribution in [2.45, 2.75) is 18.4 Å². The molecule has 3 aromatic carbocycles. The number of benzene rings is 3. The summed E-state index contributed by atoms with van der Waals surface area (Å²) in [6, 6.07) is 18.0. The monoisotopic (exact) mass is 372 g/mol. The Morgan fingerprint density at radius 3 is 2.82 bits per heavy atom. The largest absolute Gasteiger partial charge is 0.490 e. The molecule has 1 heterocycles. The molecule has 3 aromatic rings. The summed E-state index contributed by atoms with van der Waals surface area (Å²) in [5.74, 6) is 0.935. The number of nitrogens with zero attached hydrogens (tertiary/aromatic N) is 1. The summed E-state index contributed by atoms with van der Waals surface area (Å²) in [4.78, 5) is 11.1. The molecule has 0 bridgehead atoms. The van der Waals surface area contributed by atoms with Crippen LogP contribution in [0.3, 0.4) is 0 Å². The molecule has 5 rings (SSSR count). The molecule has 5 heteroatoms. The number of hydrogen-bond acceptors (Lipinski definition) is 4. The minimum Gasteiger partial charge on any atom is -0.490 e. The maximum Gasteiger partial charge on any atom is 0.311 e. The molecule has 140 valence electrons. The van der Waals surface area contributed by atoms with Crippen LogP contribution >= 0.6 is 0 Å². The molecule has 0 saturated carbocycles. The van der Waals surface area contributed by atoms with Crippen molar-refractivity contribution in [1.29, 1.82) is 0 Å². The van der Waals surface area contributed by atoms with Gasteiger partial charge in [0.2, 0.25) is 0 Å². The fraction of sp³-hybridized carbons (Fsp3) is 0.217. The summed E-state index contributed by atoms with van der Waals surface area (Å²) < 4.78 is 5.18. The molecule has 28 heavy (non-hydrogen) atoms. The minimum atomic E-state index is -0.376. The topological polar surface area (TPSA) is 64.4 Å². The first-order valence-corrected chi connectivity index (χ1v) is 9.44. The number of hydrogen-bond donors (Lipinski definition) is 1. The summed E-state index contributed by atoms with van der Waals surface area (Å²) in [5.41, 5.74) is 3.36. The van der Waals surface area contributed by atoms with E-state index in [-0.39, 0.29) is 22.4 Å². The van der Waals surface area contributed by atoms with E-state index < -0.39 is 0 Å². The number of ether oxygens (including phenoxy) is 1. The Morgan fingerprint density at radius 1 is 1.14 bits per heavy atom. The molecule has 0 amide bonds. The van der Waals surface area contributed by atoms with Gasteiger partial charge in [-0.3, -0.25) is 10.1 Å². The maximum atomic E-state index is 11.5. The van der Waals surface area contributed by atoms with Gasteiger partial charge < -0.3 is 10.1 Å². The minimum absolute atomic E-state index is 0.00270. The van der Waals surface area contributed by atoms with E-state index in [1.807, 2.05) is 18.2 Å². The normalized spacial score (nSPS) is 22.4. The predicted octanol–water partition coefficient (Wildman–Crippen LogP) is 5.58.